The molecule has 2 heterocycles. The van der Waals surface area contributed by atoms with E-state index in [0.29, 0.717) is 5.92 Å². The molecule has 0 atom stereocenters. The number of aromatic nitrogens is 2. The van der Waals surface area contributed by atoms with Gasteiger partial charge in [-0.3, -0.25) is 0 Å². The van der Waals surface area contributed by atoms with Gasteiger partial charge in [-0.15, -0.1) is 0 Å². The van der Waals surface area contributed by atoms with Crippen LogP contribution in [-0.4, -0.2) is 9.61 Å². The first kappa shape index (κ1) is 10.8. The fourth-order valence-corrected chi connectivity index (χ4v) is 1.30. The Labute approximate surface area is 85.6 Å². The van der Waals surface area contributed by atoms with Crippen LogP contribution in [0.2, 0.25) is 0 Å². The molecule has 0 N–H and O–H groups in total. The maximum absolute atomic E-state index is 4.14. The van der Waals surface area contributed by atoms with Gasteiger partial charge in [0.25, 0.3) is 0 Å². The molecular formula is C12H18N2. The second kappa shape index (κ2) is 4.80. The van der Waals surface area contributed by atoms with E-state index in [1.54, 1.807) is 0 Å². The molecule has 2 heteroatoms. The minimum absolute atomic E-state index is 0.588. The summed E-state index contributed by atoms with van der Waals surface area (Å²) in [5.41, 5.74) is 2.53. The average molecular weight is 190 g/mol. The molecular weight excluding hydrogens is 172 g/mol. The Morgan fingerprint density at radius 2 is 1.93 bits per heavy atom. The maximum Gasteiger partial charge on any atom is 0.0664 e. The van der Waals surface area contributed by atoms with E-state index in [-0.39, 0.29) is 0 Å². The van der Waals surface area contributed by atoms with E-state index >= 15 is 0 Å². The molecule has 2 rings (SSSR count). The minimum atomic E-state index is 0.588. The van der Waals surface area contributed by atoms with Crippen molar-refractivity contribution in [1.29, 1.82) is 0 Å². The molecule has 0 aliphatic carbocycles. The van der Waals surface area contributed by atoms with Crippen LogP contribution in [0.4, 0.5) is 0 Å². The van der Waals surface area contributed by atoms with Crippen LogP contribution in [0.1, 0.15) is 39.2 Å². The molecule has 0 amide bonds. The molecule has 2 aromatic rings. The molecule has 0 saturated carbocycles. The molecule has 14 heavy (non-hydrogen) atoms. The minimum Gasteiger partial charge on any atom is -0.241 e. The predicted molar refractivity (Wildman–Crippen MR) is 60.6 cm³/mol. The number of hydrogen-bond acceptors (Lipinski definition) is 1. The van der Waals surface area contributed by atoms with E-state index in [0.717, 1.165) is 0 Å². The van der Waals surface area contributed by atoms with Crippen molar-refractivity contribution in [1.82, 2.24) is 9.61 Å². The van der Waals surface area contributed by atoms with Gasteiger partial charge in [0.1, 0.15) is 0 Å². The van der Waals surface area contributed by atoms with Crippen molar-refractivity contribution in [3.63, 3.8) is 0 Å². The Morgan fingerprint density at radius 3 is 2.57 bits per heavy atom. The number of nitrogens with zero attached hydrogens (tertiary/aromatic N) is 2. The molecule has 0 aromatic carbocycles. The van der Waals surface area contributed by atoms with Crippen LogP contribution in [0.25, 0.3) is 5.52 Å². The van der Waals surface area contributed by atoms with Crippen molar-refractivity contribution in [2.45, 2.75) is 33.6 Å². The highest BCUT2D eigenvalue weighted by atomic mass is 15.2. The van der Waals surface area contributed by atoms with Gasteiger partial charge >= 0.3 is 0 Å². The summed E-state index contributed by atoms with van der Waals surface area (Å²) in [5, 5.41) is 4.14. The van der Waals surface area contributed by atoms with E-state index in [2.05, 4.69) is 31.1 Å². The molecule has 0 fully saturated rings. The maximum atomic E-state index is 4.14. The first-order chi connectivity index (χ1) is 6.77. The second-order valence-corrected chi connectivity index (χ2v) is 3.32. The normalized spacial score (nSPS) is 10.1. The lowest BCUT2D eigenvalue weighted by Gasteiger charge is -2.04. The Kier molecular flexibility index (Phi) is 3.69. The molecule has 76 valence electrons. The van der Waals surface area contributed by atoms with Crippen LogP contribution in [0.15, 0.2) is 30.6 Å². The van der Waals surface area contributed by atoms with Crippen LogP contribution in [0, 0.1) is 0 Å². The molecule has 0 spiro atoms. The summed E-state index contributed by atoms with van der Waals surface area (Å²) in [4.78, 5) is 0. The van der Waals surface area contributed by atoms with Gasteiger partial charge in [-0.25, -0.2) is 4.52 Å². The quantitative estimate of drug-likeness (QED) is 0.673. The van der Waals surface area contributed by atoms with Crippen LogP contribution >= 0.6 is 0 Å². The van der Waals surface area contributed by atoms with E-state index in [1.807, 2.05) is 36.8 Å². The van der Waals surface area contributed by atoms with Crippen molar-refractivity contribution in [2.75, 3.05) is 0 Å². The topological polar surface area (TPSA) is 17.3 Å². The Balaban J connectivity index is 0.000000461. The number of pyridine rings is 1. The zero-order chi connectivity index (χ0) is 10.6. The van der Waals surface area contributed by atoms with Crippen molar-refractivity contribution in [3.8, 4) is 0 Å². The number of rotatable bonds is 1. The van der Waals surface area contributed by atoms with Crippen LogP contribution in [-0.2, 0) is 0 Å². The summed E-state index contributed by atoms with van der Waals surface area (Å²) in [6.45, 7) is 8.39. The summed E-state index contributed by atoms with van der Waals surface area (Å²) < 4.78 is 1.88. The summed E-state index contributed by atoms with van der Waals surface area (Å²) >= 11 is 0. The third kappa shape index (κ3) is 2.13. The van der Waals surface area contributed by atoms with Crippen molar-refractivity contribution >= 4 is 5.52 Å². The molecule has 0 unspecified atom stereocenters. The molecule has 2 nitrogen and oxygen atoms in total. The van der Waals surface area contributed by atoms with Gasteiger partial charge in [-0.2, -0.15) is 5.10 Å². The third-order valence-electron chi connectivity index (χ3n) is 2.09. The van der Waals surface area contributed by atoms with Gasteiger partial charge in [-0.05, 0) is 29.7 Å². The van der Waals surface area contributed by atoms with Crippen LogP contribution in [0.5, 0.6) is 0 Å². The summed E-state index contributed by atoms with van der Waals surface area (Å²) in [6, 6.07) is 6.31. The van der Waals surface area contributed by atoms with Gasteiger partial charge in [0.15, 0.2) is 0 Å². The molecule has 0 aliphatic rings. The van der Waals surface area contributed by atoms with Crippen molar-refractivity contribution in [2.24, 2.45) is 0 Å². The average Bonchev–Trinajstić information content (AvgIpc) is 2.67. The highest BCUT2D eigenvalue weighted by Crippen LogP contribution is 2.15. The SMILES string of the molecule is CC.CC(C)c1ccn2nccc2c1. The van der Waals surface area contributed by atoms with Crippen molar-refractivity contribution < 1.29 is 0 Å². The summed E-state index contributed by atoms with van der Waals surface area (Å²) in [7, 11) is 0. The van der Waals surface area contributed by atoms with Crippen LogP contribution in [0.3, 0.4) is 0 Å². The lowest BCUT2D eigenvalue weighted by atomic mass is 10.1. The molecule has 2 aromatic heterocycles. The highest BCUT2D eigenvalue weighted by Gasteiger charge is 1.99. The third-order valence-corrected chi connectivity index (χ3v) is 2.09. The van der Waals surface area contributed by atoms with E-state index in [4.69, 9.17) is 0 Å². The molecule has 0 radical (unpaired) electrons. The van der Waals surface area contributed by atoms with Crippen molar-refractivity contribution in [3.05, 3.63) is 36.2 Å². The van der Waals surface area contributed by atoms with Gasteiger partial charge in [0.05, 0.1) is 5.52 Å². The van der Waals surface area contributed by atoms with E-state index in [9.17, 15) is 0 Å². The van der Waals surface area contributed by atoms with E-state index < -0.39 is 0 Å². The zero-order valence-corrected chi connectivity index (χ0v) is 9.36. The largest absolute Gasteiger partial charge is 0.241 e. The van der Waals surface area contributed by atoms with Gasteiger partial charge in [0.2, 0.25) is 0 Å². The fraction of sp³-hybridized carbons (Fsp3) is 0.417. The molecule has 0 aliphatic heterocycles. The highest BCUT2D eigenvalue weighted by molar-refractivity contribution is 5.47. The summed E-state index contributed by atoms with van der Waals surface area (Å²) in [5.74, 6) is 0.588. The first-order valence-electron chi connectivity index (χ1n) is 5.20. The smallest absolute Gasteiger partial charge is 0.0664 e. The lowest BCUT2D eigenvalue weighted by Crippen LogP contribution is -1.91. The number of fused-ring (bicyclic) bond motifs is 1. The molecule has 0 bridgehead atoms. The van der Waals surface area contributed by atoms with Gasteiger partial charge in [0, 0.05) is 12.4 Å². The Morgan fingerprint density at radius 1 is 1.21 bits per heavy atom. The standard InChI is InChI=1S/C10H12N2.C2H6/c1-8(2)9-4-6-12-10(7-9)3-5-11-12;1-2/h3-8H,1-2H3;1-2H3. The predicted octanol–water partition coefficient (Wildman–Crippen LogP) is 3.48. The Bertz CT molecular complexity index is 388. The second-order valence-electron chi connectivity index (χ2n) is 3.32. The number of hydrogen-bond donors (Lipinski definition) is 0. The van der Waals surface area contributed by atoms with Gasteiger partial charge in [-0.1, -0.05) is 27.7 Å². The zero-order valence-electron chi connectivity index (χ0n) is 9.36. The van der Waals surface area contributed by atoms with Crippen LogP contribution < -0.4 is 0 Å². The van der Waals surface area contributed by atoms with Gasteiger partial charge < -0.3 is 0 Å². The monoisotopic (exact) mass is 190 g/mol. The molecule has 0 saturated heterocycles. The Hall–Kier alpha value is -1.31. The first-order valence-corrected chi connectivity index (χ1v) is 5.20. The summed E-state index contributed by atoms with van der Waals surface area (Å²) in [6.07, 6.45) is 3.82. The van der Waals surface area contributed by atoms with E-state index in [1.165, 1.54) is 11.1 Å². The lowest BCUT2D eigenvalue weighted by molar-refractivity contribution is 0.855. The fourth-order valence-electron chi connectivity index (χ4n) is 1.30.